The van der Waals surface area contributed by atoms with E-state index in [4.69, 9.17) is 9.63 Å². The van der Waals surface area contributed by atoms with E-state index in [-0.39, 0.29) is 18.9 Å². The zero-order valence-corrected chi connectivity index (χ0v) is 10.5. The van der Waals surface area contributed by atoms with Crippen LogP contribution in [0, 0.1) is 12.3 Å². The Kier molecular flexibility index (Phi) is 3.11. The molecule has 1 aromatic heterocycles. The number of hydrogen-bond donors (Lipinski definition) is 1. The minimum absolute atomic E-state index is 0.103. The fourth-order valence-corrected chi connectivity index (χ4v) is 2.12. The van der Waals surface area contributed by atoms with Crippen molar-refractivity contribution < 1.29 is 19.2 Å². The molecule has 0 saturated carbocycles. The number of aromatic nitrogens is 1. The van der Waals surface area contributed by atoms with Gasteiger partial charge in [-0.05, 0) is 20.3 Å². The van der Waals surface area contributed by atoms with Crippen molar-refractivity contribution >= 4 is 11.9 Å². The van der Waals surface area contributed by atoms with Gasteiger partial charge in [-0.2, -0.15) is 0 Å². The Morgan fingerprint density at radius 1 is 1.61 bits per heavy atom. The average Bonchev–Trinajstić information content (AvgIpc) is 2.86. The summed E-state index contributed by atoms with van der Waals surface area (Å²) >= 11 is 0. The molecule has 1 amide bonds. The highest BCUT2D eigenvalue weighted by atomic mass is 16.5. The van der Waals surface area contributed by atoms with Crippen LogP contribution in [0.4, 0.5) is 0 Å². The number of likely N-dealkylation sites (tertiary alicyclic amines) is 1. The van der Waals surface area contributed by atoms with Crippen LogP contribution in [-0.2, 0) is 16.0 Å². The highest BCUT2D eigenvalue weighted by molar-refractivity contribution is 5.81. The summed E-state index contributed by atoms with van der Waals surface area (Å²) in [5.41, 5.74) is -0.239. The largest absolute Gasteiger partial charge is 0.481 e. The standard InChI is InChI=1S/C12H16N2O4/c1-8-5-9(13-18-8)6-10(15)14-4-3-12(2,7-14)11(16)17/h5H,3-4,6-7H2,1-2H3,(H,16,17). The number of carboxylic acid groups (broad SMARTS) is 1. The highest BCUT2D eigenvalue weighted by Crippen LogP contribution is 2.30. The quantitative estimate of drug-likeness (QED) is 0.862. The molecule has 18 heavy (non-hydrogen) atoms. The van der Waals surface area contributed by atoms with E-state index in [0.717, 1.165) is 0 Å². The molecule has 2 heterocycles. The van der Waals surface area contributed by atoms with Crippen LogP contribution in [0.1, 0.15) is 24.8 Å². The molecule has 1 aromatic rings. The lowest BCUT2D eigenvalue weighted by molar-refractivity contribution is -0.147. The number of nitrogens with zero attached hydrogens (tertiary/aromatic N) is 2. The van der Waals surface area contributed by atoms with E-state index < -0.39 is 11.4 Å². The van der Waals surface area contributed by atoms with Gasteiger partial charge in [0.1, 0.15) is 5.76 Å². The summed E-state index contributed by atoms with van der Waals surface area (Å²) in [5, 5.41) is 12.9. The first-order chi connectivity index (χ1) is 8.40. The van der Waals surface area contributed by atoms with Crippen LogP contribution >= 0.6 is 0 Å². The van der Waals surface area contributed by atoms with Gasteiger partial charge in [0.15, 0.2) is 0 Å². The Labute approximate surface area is 105 Å². The normalized spacial score (nSPS) is 23.3. The van der Waals surface area contributed by atoms with E-state index in [1.54, 1.807) is 24.8 Å². The molecule has 98 valence electrons. The zero-order chi connectivity index (χ0) is 13.3. The van der Waals surface area contributed by atoms with Gasteiger partial charge in [-0.25, -0.2) is 0 Å². The van der Waals surface area contributed by atoms with E-state index in [0.29, 0.717) is 24.4 Å². The summed E-state index contributed by atoms with van der Waals surface area (Å²) in [6, 6.07) is 1.71. The van der Waals surface area contributed by atoms with Crippen LogP contribution in [0.15, 0.2) is 10.6 Å². The van der Waals surface area contributed by atoms with Gasteiger partial charge < -0.3 is 14.5 Å². The number of carbonyl (C=O) groups excluding carboxylic acids is 1. The summed E-state index contributed by atoms with van der Waals surface area (Å²) in [6.45, 7) is 4.18. The van der Waals surface area contributed by atoms with Crippen molar-refractivity contribution in [2.75, 3.05) is 13.1 Å². The fraction of sp³-hybridized carbons (Fsp3) is 0.583. The Bertz CT molecular complexity index is 482. The van der Waals surface area contributed by atoms with E-state index in [1.165, 1.54) is 0 Å². The van der Waals surface area contributed by atoms with Gasteiger partial charge in [0.05, 0.1) is 17.5 Å². The van der Waals surface area contributed by atoms with Gasteiger partial charge in [-0.15, -0.1) is 0 Å². The van der Waals surface area contributed by atoms with Gasteiger partial charge in [0, 0.05) is 19.2 Å². The van der Waals surface area contributed by atoms with Crippen molar-refractivity contribution in [3.63, 3.8) is 0 Å². The van der Waals surface area contributed by atoms with Crippen LogP contribution < -0.4 is 0 Å². The van der Waals surface area contributed by atoms with Crippen molar-refractivity contribution in [2.45, 2.75) is 26.7 Å². The first-order valence-electron chi connectivity index (χ1n) is 5.84. The molecule has 6 heteroatoms. The number of carboxylic acids is 1. The van der Waals surface area contributed by atoms with Crippen LogP contribution in [-0.4, -0.2) is 40.1 Å². The molecule has 0 radical (unpaired) electrons. The Hall–Kier alpha value is -1.85. The lowest BCUT2D eigenvalue weighted by Gasteiger charge is -2.19. The first-order valence-corrected chi connectivity index (χ1v) is 5.84. The summed E-state index contributed by atoms with van der Waals surface area (Å²) < 4.78 is 4.89. The van der Waals surface area contributed by atoms with Gasteiger partial charge in [0.2, 0.25) is 5.91 Å². The van der Waals surface area contributed by atoms with Crippen molar-refractivity contribution in [1.82, 2.24) is 10.1 Å². The number of rotatable bonds is 3. The molecule has 1 unspecified atom stereocenters. The Morgan fingerprint density at radius 3 is 2.83 bits per heavy atom. The zero-order valence-electron chi connectivity index (χ0n) is 10.5. The smallest absolute Gasteiger partial charge is 0.311 e. The van der Waals surface area contributed by atoms with Crippen molar-refractivity contribution in [3.05, 3.63) is 17.5 Å². The van der Waals surface area contributed by atoms with Gasteiger partial charge in [0.25, 0.3) is 0 Å². The van der Waals surface area contributed by atoms with Crippen LogP contribution in [0.25, 0.3) is 0 Å². The first kappa shape index (κ1) is 12.6. The monoisotopic (exact) mass is 252 g/mol. The second-order valence-corrected chi connectivity index (χ2v) is 5.04. The molecule has 2 rings (SSSR count). The molecule has 0 bridgehead atoms. The van der Waals surface area contributed by atoms with Crippen molar-refractivity contribution in [3.8, 4) is 0 Å². The Balaban J connectivity index is 1.98. The summed E-state index contributed by atoms with van der Waals surface area (Å²) in [7, 11) is 0. The molecule has 6 nitrogen and oxygen atoms in total. The van der Waals surface area contributed by atoms with Crippen LogP contribution in [0.2, 0.25) is 0 Å². The molecular weight excluding hydrogens is 236 g/mol. The minimum Gasteiger partial charge on any atom is -0.481 e. The second kappa shape index (κ2) is 4.44. The lowest BCUT2D eigenvalue weighted by Crippen LogP contribution is -2.35. The number of hydrogen-bond acceptors (Lipinski definition) is 4. The topological polar surface area (TPSA) is 83.6 Å². The van der Waals surface area contributed by atoms with Gasteiger partial charge in [-0.1, -0.05) is 5.16 Å². The molecule has 1 fully saturated rings. The molecule has 1 N–H and O–H groups in total. The van der Waals surface area contributed by atoms with Crippen molar-refractivity contribution in [2.24, 2.45) is 5.41 Å². The molecule has 1 aliphatic rings. The fourth-order valence-electron chi connectivity index (χ4n) is 2.12. The van der Waals surface area contributed by atoms with E-state index in [2.05, 4.69) is 5.16 Å². The third-order valence-electron chi connectivity index (χ3n) is 3.35. The molecule has 0 aromatic carbocycles. The minimum atomic E-state index is -0.852. The summed E-state index contributed by atoms with van der Waals surface area (Å²) in [6.07, 6.45) is 0.652. The maximum Gasteiger partial charge on any atom is 0.311 e. The maximum atomic E-state index is 12.0. The third kappa shape index (κ3) is 2.37. The van der Waals surface area contributed by atoms with Crippen molar-refractivity contribution in [1.29, 1.82) is 0 Å². The molecule has 1 aliphatic heterocycles. The molecule has 1 saturated heterocycles. The molecule has 1 atom stereocenters. The predicted molar refractivity (Wildman–Crippen MR) is 61.9 cm³/mol. The van der Waals surface area contributed by atoms with E-state index in [1.807, 2.05) is 0 Å². The predicted octanol–water partition coefficient (Wildman–Crippen LogP) is 0.849. The third-order valence-corrected chi connectivity index (χ3v) is 3.35. The number of aryl methyl sites for hydroxylation is 1. The lowest BCUT2D eigenvalue weighted by atomic mass is 9.90. The second-order valence-electron chi connectivity index (χ2n) is 5.04. The van der Waals surface area contributed by atoms with Gasteiger partial charge in [-0.3, -0.25) is 9.59 Å². The van der Waals surface area contributed by atoms with Crippen LogP contribution in [0.5, 0.6) is 0 Å². The maximum absolute atomic E-state index is 12.0. The summed E-state index contributed by atoms with van der Waals surface area (Å²) in [5.74, 6) is -0.294. The number of carbonyl (C=O) groups is 2. The average molecular weight is 252 g/mol. The molecule has 0 spiro atoms. The SMILES string of the molecule is Cc1cc(CC(=O)N2CCC(C)(C(=O)O)C2)no1. The van der Waals surface area contributed by atoms with E-state index >= 15 is 0 Å². The molecule has 0 aliphatic carbocycles. The highest BCUT2D eigenvalue weighted by Gasteiger charge is 2.42. The number of amides is 1. The van der Waals surface area contributed by atoms with Gasteiger partial charge >= 0.3 is 5.97 Å². The van der Waals surface area contributed by atoms with E-state index in [9.17, 15) is 9.59 Å². The number of aliphatic carboxylic acids is 1. The Morgan fingerprint density at radius 2 is 2.33 bits per heavy atom. The van der Waals surface area contributed by atoms with Crippen LogP contribution in [0.3, 0.4) is 0 Å². The molecular formula is C12H16N2O4. The summed E-state index contributed by atoms with van der Waals surface area (Å²) in [4.78, 5) is 24.7.